The first-order valence-electron chi connectivity index (χ1n) is 7.02. The van der Waals surface area contributed by atoms with Crippen molar-refractivity contribution < 1.29 is 14.5 Å². The molecule has 0 saturated carbocycles. The number of carbonyl (C=O) groups is 2. The Balaban J connectivity index is 2.22. The largest absolute Gasteiger partial charge is 0.356 e. The van der Waals surface area contributed by atoms with Gasteiger partial charge in [-0.25, -0.2) is 0 Å². The molecular formula is C16H17N3O4. The van der Waals surface area contributed by atoms with Crippen molar-refractivity contribution in [3.05, 3.63) is 63.5 Å². The normalized spacial score (nSPS) is 11.8. The van der Waals surface area contributed by atoms with Crippen LogP contribution in [-0.2, 0) is 0 Å². The number of aromatic nitrogens is 1. The molecule has 0 fully saturated rings. The van der Waals surface area contributed by atoms with E-state index < -0.39 is 4.92 Å². The summed E-state index contributed by atoms with van der Waals surface area (Å²) in [4.78, 5) is 38.4. The van der Waals surface area contributed by atoms with Gasteiger partial charge in [0.1, 0.15) is 5.69 Å². The number of hydrogen-bond acceptors (Lipinski definition) is 4. The summed E-state index contributed by atoms with van der Waals surface area (Å²) in [5.74, 6) is -0.425. The first-order chi connectivity index (χ1) is 10.8. The van der Waals surface area contributed by atoms with Crippen molar-refractivity contribution in [1.82, 2.24) is 9.88 Å². The number of ketones is 1. The van der Waals surface area contributed by atoms with E-state index in [1.807, 2.05) is 0 Å². The Hall–Kier alpha value is -2.96. The number of carbonyl (C=O) groups excluding carboxylic acids is 2. The van der Waals surface area contributed by atoms with E-state index >= 15 is 0 Å². The second-order valence-corrected chi connectivity index (χ2v) is 5.30. The molecule has 7 nitrogen and oxygen atoms in total. The minimum Gasteiger partial charge on any atom is -0.356 e. The predicted octanol–water partition coefficient (Wildman–Crippen LogP) is 2.96. The van der Waals surface area contributed by atoms with Crippen molar-refractivity contribution in [1.29, 1.82) is 0 Å². The van der Waals surface area contributed by atoms with Crippen LogP contribution in [0.25, 0.3) is 0 Å². The lowest BCUT2D eigenvalue weighted by Crippen LogP contribution is -2.29. The van der Waals surface area contributed by atoms with Gasteiger partial charge in [-0.15, -0.1) is 0 Å². The number of Topliss-reactive ketones (excluding diaryl/α,β-unsaturated/α-hetero) is 1. The SMILES string of the molecule is CC(=O)c1c[nH]c(C(=O)N(C)C(C)c2cccc([N+](=O)[O-])c2)c1. The predicted molar refractivity (Wildman–Crippen MR) is 84.4 cm³/mol. The van der Waals surface area contributed by atoms with E-state index in [-0.39, 0.29) is 23.4 Å². The summed E-state index contributed by atoms with van der Waals surface area (Å²) in [5, 5.41) is 10.9. The van der Waals surface area contributed by atoms with Gasteiger partial charge in [0.05, 0.1) is 11.0 Å². The van der Waals surface area contributed by atoms with Crippen molar-refractivity contribution in [3.63, 3.8) is 0 Å². The number of benzene rings is 1. The third kappa shape index (κ3) is 3.45. The monoisotopic (exact) mass is 315 g/mol. The lowest BCUT2D eigenvalue weighted by Gasteiger charge is -2.24. The standard InChI is InChI=1S/C16H17N3O4/c1-10(12-5-4-6-14(7-12)19(22)23)18(3)16(21)15-8-13(9-17-15)11(2)20/h4-10,17H,1-3H3. The minimum absolute atomic E-state index is 0.0195. The fourth-order valence-electron chi connectivity index (χ4n) is 2.21. The molecule has 7 heteroatoms. The van der Waals surface area contributed by atoms with E-state index in [0.29, 0.717) is 16.8 Å². The number of nitrogens with zero attached hydrogens (tertiary/aromatic N) is 2. The maximum absolute atomic E-state index is 12.5. The van der Waals surface area contributed by atoms with E-state index in [9.17, 15) is 19.7 Å². The molecule has 0 aliphatic rings. The molecule has 0 radical (unpaired) electrons. The van der Waals surface area contributed by atoms with Gasteiger partial charge in [0, 0.05) is 30.9 Å². The molecule has 2 aromatic rings. The number of nitro groups is 1. The third-order valence-corrected chi connectivity index (χ3v) is 3.78. The van der Waals surface area contributed by atoms with Gasteiger partial charge < -0.3 is 9.88 Å². The zero-order valence-corrected chi connectivity index (χ0v) is 13.1. The second-order valence-electron chi connectivity index (χ2n) is 5.30. The van der Waals surface area contributed by atoms with Crippen LogP contribution in [0.2, 0.25) is 0 Å². The number of rotatable bonds is 5. The number of hydrogen-bond donors (Lipinski definition) is 1. The van der Waals surface area contributed by atoms with Crippen molar-refractivity contribution in [2.45, 2.75) is 19.9 Å². The number of amides is 1. The highest BCUT2D eigenvalue weighted by Gasteiger charge is 2.22. The summed E-state index contributed by atoms with van der Waals surface area (Å²) >= 11 is 0. The molecule has 0 bridgehead atoms. The van der Waals surface area contributed by atoms with Crippen LogP contribution in [-0.4, -0.2) is 33.5 Å². The van der Waals surface area contributed by atoms with E-state index in [1.165, 1.54) is 36.2 Å². The van der Waals surface area contributed by atoms with Gasteiger partial charge in [0.2, 0.25) is 0 Å². The van der Waals surface area contributed by atoms with Gasteiger partial charge in [0.15, 0.2) is 5.78 Å². The van der Waals surface area contributed by atoms with Crippen LogP contribution in [0.5, 0.6) is 0 Å². The number of aromatic amines is 1. The van der Waals surface area contributed by atoms with Gasteiger partial charge in [-0.3, -0.25) is 19.7 Å². The number of nitro benzene ring substituents is 1. The van der Waals surface area contributed by atoms with Crippen molar-refractivity contribution in [2.24, 2.45) is 0 Å². The Kier molecular flexibility index (Phi) is 4.59. The molecule has 2 rings (SSSR count). The van der Waals surface area contributed by atoms with Crippen molar-refractivity contribution in [3.8, 4) is 0 Å². The van der Waals surface area contributed by atoms with Crippen LogP contribution in [0.15, 0.2) is 36.5 Å². The molecule has 120 valence electrons. The Labute approximate surface area is 133 Å². The first kappa shape index (κ1) is 16.4. The zero-order chi connectivity index (χ0) is 17.1. The highest BCUT2D eigenvalue weighted by Crippen LogP contribution is 2.24. The van der Waals surface area contributed by atoms with Crippen LogP contribution in [0.4, 0.5) is 5.69 Å². The topological polar surface area (TPSA) is 96.3 Å². The molecule has 1 N–H and O–H groups in total. The summed E-state index contributed by atoms with van der Waals surface area (Å²) in [7, 11) is 1.61. The molecule has 1 heterocycles. The fourth-order valence-corrected chi connectivity index (χ4v) is 2.21. The van der Waals surface area contributed by atoms with Gasteiger partial charge in [-0.1, -0.05) is 12.1 Å². The maximum atomic E-state index is 12.5. The van der Waals surface area contributed by atoms with E-state index in [4.69, 9.17) is 0 Å². The van der Waals surface area contributed by atoms with E-state index in [1.54, 1.807) is 26.1 Å². The average molecular weight is 315 g/mol. The number of non-ortho nitro benzene ring substituents is 1. The van der Waals surface area contributed by atoms with Gasteiger partial charge >= 0.3 is 0 Å². The summed E-state index contributed by atoms with van der Waals surface area (Å²) in [5.41, 5.74) is 1.38. The molecule has 1 amide bonds. The summed E-state index contributed by atoms with van der Waals surface area (Å²) in [6.07, 6.45) is 1.49. The molecule has 0 aliphatic carbocycles. The summed E-state index contributed by atoms with van der Waals surface area (Å²) in [6.45, 7) is 3.21. The molecule has 0 spiro atoms. The lowest BCUT2D eigenvalue weighted by atomic mass is 10.1. The number of H-pyrrole nitrogens is 1. The summed E-state index contributed by atoms with van der Waals surface area (Å²) < 4.78 is 0. The van der Waals surface area contributed by atoms with Crippen LogP contribution in [0, 0.1) is 10.1 Å². The molecular weight excluding hydrogens is 298 g/mol. The smallest absolute Gasteiger partial charge is 0.270 e. The maximum Gasteiger partial charge on any atom is 0.270 e. The van der Waals surface area contributed by atoms with Crippen LogP contribution in [0.1, 0.15) is 46.3 Å². The van der Waals surface area contributed by atoms with Gasteiger partial charge in [-0.05, 0) is 25.5 Å². The van der Waals surface area contributed by atoms with Crippen LogP contribution >= 0.6 is 0 Å². The molecule has 0 aliphatic heterocycles. The lowest BCUT2D eigenvalue weighted by molar-refractivity contribution is -0.384. The van der Waals surface area contributed by atoms with E-state index in [0.717, 1.165) is 0 Å². The first-order valence-corrected chi connectivity index (χ1v) is 7.02. The Morgan fingerprint density at radius 3 is 2.57 bits per heavy atom. The number of nitrogens with one attached hydrogen (secondary N) is 1. The van der Waals surface area contributed by atoms with Crippen molar-refractivity contribution >= 4 is 17.4 Å². The quantitative estimate of drug-likeness (QED) is 0.521. The zero-order valence-electron chi connectivity index (χ0n) is 13.1. The minimum atomic E-state index is -0.470. The van der Waals surface area contributed by atoms with Gasteiger partial charge in [0.25, 0.3) is 11.6 Å². The molecule has 1 aromatic carbocycles. The Bertz CT molecular complexity index is 766. The molecule has 1 unspecified atom stereocenters. The highest BCUT2D eigenvalue weighted by atomic mass is 16.6. The third-order valence-electron chi connectivity index (χ3n) is 3.78. The van der Waals surface area contributed by atoms with Gasteiger partial charge in [-0.2, -0.15) is 0 Å². The highest BCUT2D eigenvalue weighted by molar-refractivity contribution is 5.99. The van der Waals surface area contributed by atoms with Crippen LogP contribution in [0.3, 0.4) is 0 Å². The molecule has 1 atom stereocenters. The fraction of sp³-hybridized carbons (Fsp3) is 0.250. The summed E-state index contributed by atoms with van der Waals surface area (Å²) in [6, 6.07) is 7.32. The van der Waals surface area contributed by atoms with E-state index in [2.05, 4.69) is 4.98 Å². The molecule has 23 heavy (non-hydrogen) atoms. The van der Waals surface area contributed by atoms with Crippen molar-refractivity contribution in [2.75, 3.05) is 7.05 Å². The Morgan fingerprint density at radius 2 is 2.00 bits per heavy atom. The van der Waals surface area contributed by atoms with Crippen LogP contribution < -0.4 is 0 Å². The molecule has 1 aromatic heterocycles. The average Bonchev–Trinajstić information content (AvgIpc) is 3.03. The molecule has 0 saturated heterocycles. The second kappa shape index (κ2) is 6.43. The Morgan fingerprint density at radius 1 is 1.30 bits per heavy atom.